The van der Waals surface area contributed by atoms with Gasteiger partial charge in [0.2, 0.25) is 15.9 Å². The van der Waals surface area contributed by atoms with Crippen LogP contribution >= 0.6 is 0 Å². The van der Waals surface area contributed by atoms with Crippen LogP contribution < -0.4 is 9.62 Å². The van der Waals surface area contributed by atoms with Gasteiger partial charge in [-0.05, 0) is 56.2 Å². The molecular weight excluding hydrogens is 324 g/mol. The summed E-state index contributed by atoms with van der Waals surface area (Å²) in [7, 11) is -3.62. The summed E-state index contributed by atoms with van der Waals surface area (Å²) in [5.74, 6) is -0.384. The van der Waals surface area contributed by atoms with Gasteiger partial charge >= 0.3 is 0 Å². The van der Waals surface area contributed by atoms with Gasteiger partial charge in [-0.3, -0.25) is 9.10 Å². The standard InChI is InChI=1S/C18H22N2O3S/c1-13-10-14(2)12-17(11-13)20(24(4,22)23)15(3)18(21)19-16-8-6-5-7-9-16/h5-12,15H,1-4H3,(H,19,21). The number of nitrogens with one attached hydrogen (secondary N) is 1. The summed E-state index contributed by atoms with van der Waals surface area (Å²) in [5.41, 5.74) is 3.00. The first-order chi connectivity index (χ1) is 11.2. The number of carbonyl (C=O) groups excluding carboxylic acids is 1. The van der Waals surface area contributed by atoms with Crippen LogP contribution in [0.1, 0.15) is 18.1 Å². The molecule has 2 aromatic rings. The lowest BCUT2D eigenvalue weighted by atomic mass is 10.1. The van der Waals surface area contributed by atoms with Crippen LogP contribution in [0.5, 0.6) is 0 Å². The molecule has 24 heavy (non-hydrogen) atoms. The minimum atomic E-state index is -3.62. The Morgan fingerprint density at radius 1 is 1.04 bits per heavy atom. The molecule has 0 heterocycles. The van der Waals surface area contributed by atoms with Crippen molar-refractivity contribution >= 4 is 27.3 Å². The lowest BCUT2D eigenvalue weighted by molar-refractivity contribution is -0.116. The van der Waals surface area contributed by atoms with Gasteiger partial charge in [0.15, 0.2) is 0 Å². The van der Waals surface area contributed by atoms with E-state index < -0.39 is 16.1 Å². The summed E-state index contributed by atoms with van der Waals surface area (Å²) < 4.78 is 25.8. The van der Waals surface area contributed by atoms with Crippen LogP contribution in [0.2, 0.25) is 0 Å². The third-order valence-corrected chi connectivity index (χ3v) is 4.83. The second-order valence-corrected chi connectivity index (χ2v) is 7.80. The molecule has 0 radical (unpaired) electrons. The van der Waals surface area contributed by atoms with Gasteiger partial charge in [0.25, 0.3) is 0 Å². The van der Waals surface area contributed by atoms with Gasteiger partial charge in [0.05, 0.1) is 11.9 Å². The summed E-state index contributed by atoms with van der Waals surface area (Å²) in [4.78, 5) is 12.5. The molecule has 128 valence electrons. The van der Waals surface area contributed by atoms with Crippen LogP contribution in [0.3, 0.4) is 0 Å². The maximum absolute atomic E-state index is 12.5. The molecule has 5 nitrogen and oxygen atoms in total. The SMILES string of the molecule is Cc1cc(C)cc(N(C(C)C(=O)Nc2ccccc2)S(C)(=O)=O)c1. The number of rotatable bonds is 5. The van der Waals surface area contributed by atoms with Gasteiger partial charge in [0, 0.05) is 5.69 Å². The maximum Gasteiger partial charge on any atom is 0.247 e. The van der Waals surface area contributed by atoms with Crippen molar-refractivity contribution in [2.45, 2.75) is 26.8 Å². The molecule has 1 unspecified atom stereocenters. The van der Waals surface area contributed by atoms with Gasteiger partial charge < -0.3 is 5.32 Å². The number of amides is 1. The van der Waals surface area contributed by atoms with Gasteiger partial charge in [-0.2, -0.15) is 0 Å². The van der Waals surface area contributed by atoms with Gasteiger partial charge in [-0.25, -0.2) is 8.42 Å². The summed E-state index contributed by atoms with van der Waals surface area (Å²) in [6, 6.07) is 13.6. The molecule has 2 rings (SSSR count). The zero-order valence-electron chi connectivity index (χ0n) is 14.3. The Labute approximate surface area is 143 Å². The highest BCUT2D eigenvalue weighted by Gasteiger charge is 2.29. The summed E-state index contributed by atoms with van der Waals surface area (Å²) in [6.07, 6.45) is 1.11. The number of benzene rings is 2. The highest BCUT2D eigenvalue weighted by Crippen LogP contribution is 2.24. The minimum absolute atomic E-state index is 0.384. The summed E-state index contributed by atoms with van der Waals surface area (Å²) >= 11 is 0. The molecule has 0 spiro atoms. The Morgan fingerprint density at radius 2 is 1.58 bits per heavy atom. The second-order valence-electron chi connectivity index (χ2n) is 5.94. The summed E-state index contributed by atoms with van der Waals surface area (Å²) in [6.45, 7) is 5.37. The van der Waals surface area contributed by atoms with E-state index in [9.17, 15) is 13.2 Å². The third kappa shape index (κ3) is 4.35. The topological polar surface area (TPSA) is 66.5 Å². The van der Waals surface area contributed by atoms with Crippen LogP contribution in [-0.4, -0.2) is 26.6 Å². The summed E-state index contributed by atoms with van der Waals surface area (Å²) in [5, 5.41) is 2.75. The van der Waals surface area contributed by atoms with Crippen molar-refractivity contribution in [1.82, 2.24) is 0 Å². The lowest BCUT2D eigenvalue weighted by Crippen LogP contribution is -2.45. The molecule has 0 saturated heterocycles. The molecule has 2 aromatic carbocycles. The first-order valence-corrected chi connectivity index (χ1v) is 9.47. The highest BCUT2D eigenvalue weighted by atomic mass is 32.2. The first kappa shape index (κ1) is 18.0. The van der Waals surface area contributed by atoms with Crippen LogP contribution in [-0.2, 0) is 14.8 Å². The Bertz CT molecular complexity index is 812. The Morgan fingerprint density at radius 3 is 2.08 bits per heavy atom. The van der Waals surface area contributed by atoms with Gasteiger partial charge in [-0.15, -0.1) is 0 Å². The van der Waals surface area contributed by atoms with E-state index in [0.29, 0.717) is 11.4 Å². The van der Waals surface area contributed by atoms with E-state index in [1.54, 1.807) is 43.3 Å². The molecule has 1 N–H and O–H groups in total. The zero-order chi connectivity index (χ0) is 17.9. The third-order valence-electron chi connectivity index (χ3n) is 3.59. The van der Waals surface area contributed by atoms with E-state index in [-0.39, 0.29) is 5.91 Å². The number of hydrogen-bond donors (Lipinski definition) is 1. The first-order valence-electron chi connectivity index (χ1n) is 7.62. The normalized spacial score (nSPS) is 12.5. The average Bonchev–Trinajstić information content (AvgIpc) is 2.45. The van der Waals surface area contributed by atoms with Crippen molar-refractivity contribution in [2.75, 3.05) is 15.9 Å². The number of nitrogens with zero attached hydrogens (tertiary/aromatic N) is 1. The number of aryl methyl sites for hydroxylation is 2. The molecule has 0 aliphatic carbocycles. The van der Waals surface area contributed by atoms with Crippen molar-refractivity contribution in [2.24, 2.45) is 0 Å². The predicted octanol–water partition coefficient (Wildman–Crippen LogP) is 3.10. The molecular formula is C18H22N2O3S. The highest BCUT2D eigenvalue weighted by molar-refractivity contribution is 7.92. The number of anilines is 2. The number of para-hydroxylation sites is 1. The second kappa shape index (κ2) is 7.05. The lowest BCUT2D eigenvalue weighted by Gasteiger charge is -2.28. The van der Waals surface area contributed by atoms with Crippen LogP contribution in [0.15, 0.2) is 48.5 Å². The number of carbonyl (C=O) groups is 1. The van der Waals surface area contributed by atoms with Crippen molar-refractivity contribution < 1.29 is 13.2 Å². The monoisotopic (exact) mass is 346 g/mol. The molecule has 6 heteroatoms. The molecule has 0 aliphatic heterocycles. The quantitative estimate of drug-likeness (QED) is 0.905. The molecule has 0 bridgehead atoms. The molecule has 0 aliphatic rings. The fraction of sp³-hybridized carbons (Fsp3) is 0.278. The molecule has 1 amide bonds. The van der Waals surface area contributed by atoms with E-state index >= 15 is 0 Å². The van der Waals surface area contributed by atoms with Crippen molar-refractivity contribution in [3.05, 3.63) is 59.7 Å². The fourth-order valence-corrected chi connectivity index (χ4v) is 3.81. The Balaban J connectivity index is 2.36. The zero-order valence-corrected chi connectivity index (χ0v) is 15.1. The largest absolute Gasteiger partial charge is 0.324 e. The van der Waals surface area contributed by atoms with Gasteiger partial charge in [-0.1, -0.05) is 24.3 Å². The maximum atomic E-state index is 12.5. The fourth-order valence-electron chi connectivity index (χ4n) is 2.65. The van der Waals surface area contributed by atoms with E-state index in [0.717, 1.165) is 21.7 Å². The average molecular weight is 346 g/mol. The van der Waals surface area contributed by atoms with Crippen LogP contribution in [0.4, 0.5) is 11.4 Å². The van der Waals surface area contributed by atoms with E-state index in [1.165, 1.54) is 0 Å². The smallest absolute Gasteiger partial charge is 0.247 e. The van der Waals surface area contributed by atoms with E-state index in [1.807, 2.05) is 26.0 Å². The van der Waals surface area contributed by atoms with Crippen LogP contribution in [0, 0.1) is 13.8 Å². The predicted molar refractivity (Wildman–Crippen MR) is 97.8 cm³/mol. The molecule has 0 saturated carbocycles. The van der Waals surface area contributed by atoms with E-state index in [2.05, 4.69) is 5.32 Å². The van der Waals surface area contributed by atoms with Gasteiger partial charge in [0.1, 0.15) is 6.04 Å². The molecule has 0 aromatic heterocycles. The Kier molecular flexibility index (Phi) is 5.29. The number of hydrogen-bond acceptors (Lipinski definition) is 3. The van der Waals surface area contributed by atoms with Crippen molar-refractivity contribution in [3.8, 4) is 0 Å². The number of sulfonamides is 1. The van der Waals surface area contributed by atoms with Crippen molar-refractivity contribution in [1.29, 1.82) is 0 Å². The minimum Gasteiger partial charge on any atom is -0.324 e. The van der Waals surface area contributed by atoms with Crippen LogP contribution in [0.25, 0.3) is 0 Å². The Hall–Kier alpha value is -2.34. The molecule has 1 atom stereocenters. The molecule has 0 fully saturated rings. The van der Waals surface area contributed by atoms with E-state index in [4.69, 9.17) is 0 Å². The van der Waals surface area contributed by atoms with Crippen molar-refractivity contribution in [3.63, 3.8) is 0 Å².